The van der Waals surface area contributed by atoms with Gasteiger partial charge in [-0.25, -0.2) is 4.39 Å². The second-order valence-electron chi connectivity index (χ2n) is 4.56. The van der Waals surface area contributed by atoms with E-state index in [1.165, 1.54) is 25.3 Å². The lowest BCUT2D eigenvalue weighted by Gasteiger charge is -2.18. The molecule has 0 spiro atoms. The van der Waals surface area contributed by atoms with Crippen molar-refractivity contribution in [3.8, 4) is 17.6 Å². The average molecular weight is 286 g/mol. The number of rotatable bonds is 4. The third-order valence-corrected chi connectivity index (χ3v) is 3.20. The summed E-state index contributed by atoms with van der Waals surface area (Å²) in [6.07, 6.45) is 0. The van der Waals surface area contributed by atoms with Crippen LogP contribution in [0.5, 0.6) is 11.5 Å². The molecule has 0 heterocycles. The Hall–Kier alpha value is -2.74. The van der Waals surface area contributed by atoms with E-state index in [1.54, 1.807) is 18.2 Å². The molecule has 2 N–H and O–H groups in total. The predicted octanol–water partition coefficient (Wildman–Crippen LogP) is 3.58. The monoisotopic (exact) mass is 286 g/mol. The molecule has 1 atom stereocenters. The van der Waals surface area contributed by atoms with Crippen molar-refractivity contribution in [3.63, 3.8) is 0 Å². The molecular formula is C16H15FN2O2. The van der Waals surface area contributed by atoms with E-state index >= 15 is 0 Å². The third-order valence-electron chi connectivity index (χ3n) is 3.20. The lowest BCUT2D eigenvalue weighted by atomic mass is 10.1. The largest absolute Gasteiger partial charge is 0.507 e. The molecule has 2 aromatic rings. The molecule has 0 saturated carbocycles. The van der Waals surface area contributed by atoms with Crippen LogP contribution in [0.25, 0.3) is 0 Å². The van der Waals surface area contributed by atoms with Gasteiger partial charge in [-0.15, -0.1) is 0 Å². The highest BCUT2D eigenvalue weighted by Gasteiger charge is 2.14. The highest BCUT2D eigenvalue weighted by Crippen LogP contribution is 2.31. The maximum Gasteiger partial charge on any atom is 0.143 e. The molecule has 0 saturated heterocycles. The number of halogens is 1. The summed E-state index contributed by atoms with van der Waals surface area (Å²) in [6.45, 7) is 1.81. The normalized spacial score (nSPS) is 11.5. The Morgan fingerprint density at radius 2 is 2.10 bits per heavy atom. The Morgan fingerprint density at radius 3 is 2.71 bits per heavy atom. The van der Waals surface area contributed by atoms with Crippen molar-refractivity contribution in [2.24, 2.45) is 0 Å². The zero-order valence-corrected chi connectivity index (χ0v) is 11.7. The number of methoxy groups -OCH3 is 1. The molecule has 1 unspecified atom stereocenters. The van der Waals surface area contributed by atoms with Crippen LogP contribution in [0.1, 0.15) is 24.1 Å². The van der Waals surface area contributed by atoms with Gasteiger partial charge in [0, 0.05) is 11.6 Å². The van der Waals surface area contributed by atoms with Gasteiger partial charge >= 0.3 is 0 Å². The van der Waals surface area contributed by atoms with Crippen molar-refractivity contribution in [1.29, 1.82) is 5.26 Å². The first-order chi connectivity index (χ1) is 10.1. The number of ether oxygens (including phenoxy) is 1. The van der Waals surface area contributed by atoms with Gasteiger partial charge in [-0.1, -0.05) is 6.07 Å². The molecule has 2 rings (SSSR count). The van der Waals surface area contributed by atoms with Gasteiger partial charge in [0.15, 0.2) is 0 Å². The molecule has 0 aliphatic heterocycles. The van der Waals surface area contributed by atoms with Gasteiger partial charge in [0.1, 0.15) is 28.9 Å². The molecule has 4 nitrogen and oxygen atoms in total. The Morgan fingerprint density at radius 1 is 1.33 bits per heavy atom. The highest BCUT2D eigenvalue weighted by molar-refractivity contribution is 5.59. The minimum Gasteiger partial charge on any atom is -0.507 e. The summed E-state index contributed by atoms with van der Waals surface area (Å²) in [5.74, 6) is 0.0461. The standard InChI is InChI=1S/C16H15FN2O2/c1-10(12-7-6-11(21-2)8-16(12)20)19-15-5-3-4-14(17)13(15)9-18/h3-8,10,19-20H,1-2H3. The number of nitrogens with zero attached hydrogens (tertiary/aromatic N) is 1. The van der Waals surface area contributed by atoms with Crippen LogP contribution in [-0.2, 0) is 0 Å². The Kier molecular flexibility index (Phi) is 4.29. The number of aromatic hydroxyl groups is 1. The molecule has 0 amide bonds. The van der Waals surface area contributed by atoms with Gasteiger partial charge in [0.05, 0.1) is 18.8 Å². The van der Waals surface area contributed by atoms with Gasteiger partial charge in [-0.2, -0.15) is 5.26 Å². The summed E-state index contributed by atoms with van der Waals surface area (Å²) in [4.78, 5) is 0. The van der Waals surface area contributed by atoms with Crippen molar-refractivity contribution in [1.82, 2.24) is 0 Å². The molecule has 0 bridgehead atoms. The Bertz CT molecular complexity index is 695. The number of hydrogen-bond acceptors (Lipinski definition) is 4. The molecule has 0 radical (unpaired) electrons. The van der Waals surface area contributed by atoms with Crippen molar-refractivity contribution in [3.05, 3.63) is 53.3 Å². The number of anilines is 1. The van der Waals surface area contributed by atoms with Crippen LogP contribution in [0.4, 0.5) is 10.1 Å². The van der Waals surface area contributed by atoms with Gasteiger partial charge < -0.3 is 15.2 Å². The van der Waals surface area contributed by atoms with Gasteiger partial charge in [-0.3, -0.25) is 0 Å². The van der Waals surface area contributed by atoms with Crippen LogP contribution in [0.3, 0.4) is 0 Å². The second-order valence-corrected chi connectivity index (χ2v) is 4.56. The number of phenolic OH excluding ortho intramolecular Hbond substituents is 1. The summed E-state index contributed by atoms with van der Waals surface area (Å²) in [5.41, 5.74) is 0.974. The average Bonchev–Trinajstić information content (AvgIpc) is 2.47. The molecule has 5 heteroatoms. The first-order valence-electron chi connectivity index (χ1n) is 6.39. The summed E-state index contributed by atoms with van der Waals surface area (Å²) in [5, 5.41) is 22.0. The number of phenols is 1. The van der Waals surface area contributed by atoms with E-state index in [0.29, 0.717) is 17.0 Å². The van der Waals surface area contributed by atoms with Crippen LogP contribution >= 0.6 is 0 Å². The maximum atomic E-state index is 13.6. The molecule has 0 aliphatic carbocycles. The quantitative estimate of drug-likeness (QED) is 0.901. The minimum atomic E-state index is -0.575. The number of nitriles is 1. The molecule has 108 valence electrons. The van der Waals surface area contributed by atoms with Crippen LogP contribution in [0.15, 0.2) is 36.4 Å². The zero-order chi connectivity index (χ0) is 15.4. The van der Waals surface area contributed by atoms with E-state index in [2.05, 4.69) is 5.32 Å². The predicted molar refractivity (Wildman–Crippen MR) is 77.8 cm³/mol. The topological polar surface area (TPSA) is 65.3 Å². The van der Waals surface area contributed by atoms with E-state index in [-0.39, 0.29) is 17.4 Å². The first-order valence-corrected chi connectivity index (χ1v) is 6.39. The van der Waals surface area contributed by atoms with Crippen molar-refractivity contribution in [2.45, 2.75) is 13.0 Å². The molecule has 2 aromatic carbocycles. The van der Waals surface area contributed by atoms with E-state index in [0.717, 1.165) is 0 Å². The van der Waals surface area contributed by atoms with Crippen LogP contribution in [-0.4, -0.2) is 12.2 Å². The fourth-order valence-electron chi connectivity index (χ4n) is 2.09. The maximum absolute atomic E-state index is 13.6. The zero-order valence-electron chi connectivity index (χ0n) is 11.7. The van der Waals surface area contributed by atoms with Crippen molar-refractivity contribution in [2.75, 3.05) is 12.4 Å². The van der Waals surface area contributed by atoms with Crippen LogP contribution in [0, 0.1) is 17.1 Å². The summed E-state index contributed by atoms with van der Waals surface area (Å²) in [7, 11) is 1.52. The molecule has 0 aromatic heterocycles. The fourth-order valence-corrected chi connectivity index (χ4v) is 2.09. The molecule has 21 heavy (non-hydrogen) atoms. The van der Waals surface area contributed by atoms with Gasteiger partial charge in [0.2, 0.25) is 0 Å². The molecule has 0 aliphatic rings. The minimum absolute atomic E-state index is 0.0441. The van der Waals surface area contributed by atoms with Crippen LogP contribution in [0.2, 0.25) is 0 Å². The van der Waals surface area contributed by atoms with Crippen molar-refractivity contribution >= 4 is 5.69 Å². The van der Waals surface area contributed by atoms with E-state index in [4.69, 9.17) is 10.00 Å². The van der Waals surface area contributed by atoms with Crippen LogP contribution < -0.4 is 10.1 Å². The van der Waals surface area contributed by atoms with E-state index in [9.17, 15) is 9.50 Å². The van der Waals surface area contributed by atoms with Crippen molar-refractivity contribution < 1.29 is 14.2 Å². The summed E-state index contributed by atoms with van der Waals surface area (Å²) < 4.78 is 18.6. The number of benzene rings is 2. The van der Waals surface area contributed by atoms with E-state index in [1.807, 2.05) is 13.0 Å². The Balaban J connectivity index is 2.29. The van der Waals surface area contributed by atoms with E-state index < -0.39 is 5.82 Å². The SMILES string of the molecule is COc1ccc(C(C)Nc2cccc(F)c2C#N)c(O)c1. The Labute approximate surface area is 122 Å². The fraction of sp³-hybridized carbons (Fsp3) is 0.188. The third kappa shape index (κ3) is 3.06. The highest BCUT2D eigenvalue weighted by atomic mass is 19.1. The number of hydrogen-bond donors (Lipinski definition) is 2. The van der Waals surface area contributed by atoms with Gasteiger partial charge in [0.25, 0.3) is 0 Å². The molecular weight excluding hydrogens is 271 g/mol. The lowest BCUT2D eigenvalue weighted by molar-refractivity contribution is 0.406. The first kappa shape index (κ1) is 14.7. The second kappa shape index (κ2) is 6.14. The lowest BCUT2D eigenvalue weighted by Crippen LogP contribution is -2.08. The molecule has 0 fully saturated rings. The summed E-state index contributed by atoms with van der Waals surface area (Å²) in [6, 6.07) is 10.9. The smallest absolute Gasteiger partial charge is 0.143 e. The summed E-state index contributed by atoms with van der Waals surface area (Å²) >= 11 is 0. The van der Waals surface area contributed by atoms with Gasteiger partial charge in [-0.05, 0) is 31.2 Å². The number of nitrogens with one attached hydrogen (secondary N) is 1.